The van der Waals surface area contributed by atoms with Crippen LogP contribution in [-0.4, -0.2) is 5.38 Å². The largest absolute Gasteiger partial charge is 0.341 e. The summed E-state index contributed by atoms with van der Waals surface area (Å²) in [6.45, 7) is 4.30. The number of alkyl halides is 3. The number of hydrogen-bond acceptors (Lipinski definition) is 0. The molecular weight excluding hydrogens is 109 g/mol. The smallest absolute Gasteiger partial charge is 0.184 e. The van der Waals surface area contributed by atoms with E-state index in [4.69, 9.17) is 0 Å². The number of rotatable bonds is 1. The van der Waals surface area contributed by atoms with Crippen LogP contribution in [0.2, 0.25) is 0 Å². The van der Waals surface area contributed by atoms with Crippen molar-refractivity contribution in [1.82, 2.24) is 0 Å². The molecule has 6 heavy (non-hydrogen) atoms. The maximum Gasteiger partial charge on any atom is 0.341 e. The fourth-order valence-corrected chi connectivity index (χ4v) is 0. The van der Waals surface area contributed by atoms with Crippen LogP contribution in [0.4, 0.5) is 8.78 Å². The topological polar surface area (TPSA) is 0 Å². The molecule has 35 valence electrons. The standard InChI is InChI=1S/C3H2ClF2/c1-2-3(4,5)6/h1-2H. The highest BCUT2D eigenvalue weighted by molar-refractivity contribution is 6.22. The van der Waals surface area contributed by atoms with Crippen molar-refractivity contribution in [2.75, 3.05) is 0 Å². The molecule has 0 aliphatic rings. The lowest BCUT2D eigenvalue weighted by Gasteiger charge is -1.93. The highest BCUT2D eigenvalue weighted by atomic mass is 35.5. The molecule has 0 spiro atoms. The fraction of sp³-hybridized carbons (Fsp3) is 0.333. The van der Waals surface area contributed by atoms with Crippen molar-refractivity contribution < 1.29 is 8.78 Å². The zero-order chi connectivity index (χ0) is 5.21. The summed E-state index contributed by atoms with van der Waals surface area (Å²) in [6.07, 6.45) is 0.120. The van der Waals surface area contributed by atoms with Gasteiger partial charge in [0.25, 0.3) is 0 Å². The van der Waals surface area contributed by atoms with E-state index in [1.807, 2.05) is 0 Å². The van der Waals surface area contributed by atoms with Gasteiger partial charge in [0.15, 0.2) is 0 Å². The molecule has 0 bridgehead atoms. The first kappa shape index (κ1) is 5.89. The van der Waals surface area contributed by atoms with E-state index in [0.717, 1.165) is 0 Å². The van der Waals surface area contributed by atoms with Crippen molar-refractivity contribution in [2.24, 2.45) is 0 Å². The van der Waals surface area contributed by atoms with Gasteiger partial charge in [0.05, 0.1) is 0 Å². The third kappa shape index (κ3) is 3.89. The Kier molecular flexibility index (Phi) is 1.53. The minimum Gasteiger partial charge on any atom is -0.184 e. The van der Waals surface area contributed by atoms with Crippen molar-refractivity contribution >= 4 is 11.6 Å². The first-order chi connectivity index (χ1) is 2.56. The maximum absolute atomic E-state index is 11.0. The summed E-state index contributed by atoms with van der Waals surface area (Å²) in [6, 6.07) is 0. The second kappa shape index (κ2) is 1.56. The quantitative estimate of drug-likeness (QED) is 0.453. The lowest BCUT2D eigenvalue weighted by atomic mass is 10.7. The normalized spacial score (nSPS) is 11.2. The van der Waals surface area contributed by atoms with Gasteiger partial charge in [0.2, 0.25) is 0 Å². The molecule has 0 nitrogen and oxygen atoms in total. The van der Waals surface area contributed by atoms with E-state index in [-0.39, 0.29) is 6.08 Å². The van der Waals surface area contributed by atoms with Crippen LogP contribution in [0, 0.1) is 6.58 Å². The maximum atomic E-state index is 11.0. The second-order valence-electron chi connectivity index (χ2n) is 0.708. The predicted octanol–water partition coefficient (Wildman–Crippen LogP) is 1.81. The molecular formula is C3H2ClF2. The van der Waals surface area contributed by atoms with Crippen molar-refractivity contribution in [1.29, 1.82) is 0 Å². The van der Waals surface area contributed by atoms with E-state index in [2.05, 4.69) is 18.2 Å². The molecule has 0 rings (SSSR count). The number of halogens is 3. The monoisotopic (exact) mass is 111 g/mol. The highest BCUT2D eigenvalue weighted by Crippen LogP contribution is 2.17. The van der Waals surface area contributed by atoms with E-state index in [0.29, 0.717) is 0 Å². The summed E-state index contributed by atoms with van der Waals surface area (Å²) in [5.74, 6) is 0. The third-order valence-corrected chi connectivity index (χ3v) is 0.315. The van der Waals surface area contributed by atoms with Crippen LogP contribution in [0.1, 0.15) is 0 Å². The fourth-order valence-electron chi connectivity index (χ4n) is 0. The Balaban J connectivity index is 3.45. The minimum atomic E-state index is -3.33. The van der Waals surface area contributed by atoms with Gasteiger partial charge in [-0.1, -0.05) is 6.58 Å². The summed E-state index contributed by atoms with van der Waals surface area (Å²) < 4.78 is 22.1. The highest BCUT2D eigenvalue weighted by Gasteiger charge is 2.16. The first-order valence-electron chi connectivity index (χ1n) is 1.19. The van der Waals surface area contributed by atoms with Crippen LogP contribution in [-0.2, 0) is 0 Å². The summed E-state index contributed by atoms with van der Waals surface area (Å²) in [4.78, 5) is 0. The lowest BCUT2D eigenvalue weighted by molar-refractivity contribution is 0.153. The van der Waals surface area contributed by atoms with Gasteiger partial charge in [-0.05, 0) is 11.6 Å². The molecule has 0 saturated carbocycles. The zero-order valence-electron chi connectivity index (χ0n) is 2.79. The van der Waals surface area contributed by atoms with Crippen molar-refractivity contribution in [3.8, 4) is 0 Å². The molecule has 0 aliphatic carbocycles. The van der Waals surface area contributed by atoms with Gasteiger partial charge >= 0.3 is 5.38 Å². The van der Waals surface area contributed by atoms with Gasteiger partial charge in [0.1, 0.15) is 0 Å². The molecule has 0 amide bonds. The molecule has 0 N–H and O–H groups in total. The average Bonchev–Trinajstić information content (AvgIpc) is 1.35. The minimum absolute atomic E-state index is 0.120. The average molecular weight is 111 g/mol. The molecule has 0 heterocycles. The third-order valence-electron chi connectivity index (χ3n) is 0.189. The summed E-state index contributed by atoms with van der Waals surface area (Å²) >= 11 is 4.20. The van der Waals surface area contributed by atoms with Gasteiger partial charge in [-0.25, -0.2) is 0 Å². The number of hydrogen-bond donors (Lipinski definition) is 0. The van der Waals surface area contributed by atoms with E-state index >= 15 is 0 Å². The van der Waals surface area contributed by atoms with Gasteiger partial charge in [-0.15, -0.1) is 0 Å². The molecule has 3 heteroatoms. The van der Waals surface area contributed by atoms with Crippen LogP contribution < -0.4 is 0 Å². The van der Waals surface area contributed by atoms with Gasteiger partial charge in [-0.3, -0.25) is 0 Å². The number of allylic oxidation sites excluding steroid dienone is 1. The second-order valence-corrected chi connectivity index (χ2v) is 1.21. The van der Waals surface area contributed by atoms with Crippen LogP contribution in [0.3, 0.4) is 0 Å². The molecule has 0 aromatic carbocycles. The van der Waals surface area contributed by atoms with Gasteiger partial charge in [0, 0.05) is 6.08 Å². The summed E-state index contributed by atoms with van der Waals surface area (Å²) in [5, 5.41) is -3.33. The zero-order valence-corrected chi connectivity index (χ0v) is 3.54. The molecule has 0 fully saturated rings. The van der Waals surface area contributed by atoms with Gasteiger partial charge in [-0.2, -0.15) is 8.78 Å². The van der Waals surface area contributed by atoms with Crippen LogP contribution in [0.25, 0.3) is 0 Å². The molecule has 0 saturated heterocycles. The SMILES string of the molecule is [CH]=CC(F)(F)Cl. The summed E-state index contributed by atoms with van der Waals surface area (Å²) in [7, 11) is 0. The van der Waals surface area contributed by atoms with Gasteiger partial charge < -0.3 is 0 Å². The molecule has 0 aromatic rings. The molecule has 0 unspecified atom stereocenters. The van der Waals surface area contributed by atoms with Crippen molar-refractivity contribution in [2.45, 2.75) is 5.38 Å². The predicted molar refractivity (Wildman–Crippen MR) is 19.7 cm³/mol. The van der Waals surface area contributed by atoms with Crippen LogP contribution in [0.5, 0.6) is 0 Å². The Hall–Kier alpha value is -0.110. The van der Waals surface area contributed by atoms with E-state index < -0.39 is 5.38 Å². The Bertz CT molecular complexity index is 54.3. The first-order valence-corrected chi connectivity index (χ1v) is 1.57. The molecule has 0 aromatic heterocycles. The van der Waals surface area contributed by atoms with E-state index in [9.17, 15) is 8.78 Å². The van der Waals surface area contributed by atoms with Crippen LogP contribution in [0.15, 0.2) is 6.08 Å². The van der Waals surface area contributed by atoms with Crippen LogP contribution >= 0.6 is 11.6 Å². The Labute approximate surface area is 39.4 Å². The van der Waals surface area contributed by atoms with E-state index in [1.165, 1.54) is 0 Å². The van der Waals surface area contributed by atoms with Crippen molar-refractivity contribution in [3.05, 3.63) is 12.7 Å². The Morgan fingerprint density at radius 2 is 1.83 bits per heavy atom. The Morgan fingerprint density at radius 1 is 1.67 bits per heavy atom. The summed E-state index contributed by atoms with van der Waals surface area (Å²) in [5.41, 5.74) is 0. The Morgan fingerprint density at radius 3 is 1.83 bits per heavy atom. The molecule has 0 atom stereocenters. The lowest BCUT2D eigenvalue weighted by Crippen LogP contribution is -1.96. The molecule has 1 radical (unpaired) electrons. The van der Waals surface area contributed by atoms with E-state index in [1.54, 1.807) is 0 Å². The van der Waals surface area contributed by atoms with Crippen molar-refractivity contribution in [3.63, 3.8) is 0 Å². The molecule has 0 aliphatic heterocycles.